The van der Waals surface area contributed by atoms with E-state index in [1.165, 1.54) is 16.7 Å². The summed E-state index contributed by atoms with van der Waals surface area (Å²) >= 11 is 1.23. The number of thioether (sulfide) groups is 1. The van der Waals surface area contributed by atoms with Gasteiger partial charge in [-0.3, -0.25) is 9.59 Å². The van der Waals surface area contributed by atoms with Crippen LogP contribution >= 0.6 is 11.8 Å². The van der Waals surface area contributed by atoms with Gasteiger partial charge in [0.2, 0.25) is 17.5 Å². The second-order valence-electron chi connectivity index (χ2n) is 7.02. The van der Waals surface area contributed by atoms with E-state index < -0.39 is 5.54 Å². The van der Waals surface area contributed by atoms with Crippen molar-refractivity contribution in [2.75, 3.05) is 19.8 Å². The Balaban J connectivity index is 0.000000696. The molecule has 2 aromatic rings. The first kappa shape index (κ1) is 23.4. The van der Waals surface area contributed by atoms with Gasteiger partial charge < -0.3 is 10.2 Å². The van der Waals surface area contributed by atoms with E-state index in [2.05, 4.69) is 26.5 Å². The van der Waals surface area contributed by atoms with Gasteiger partial charge in [0.05, 0.1) is 11.8 Å². The fourth-order valence-electron chi connectivity index (χ4n) is 1.97. The molecule has 0 aliphatic heterocycles. The molecule has 2 rings (SSSR count). The van der Waals surface area contributed by atoms with Crippen LogP contribution in [0, 0.1) is 31.1 Å². The van der Waals surface area contributed by atoms with Crippen molar-refractivity contribution in [1.82, 2.24) is 29.8 Å². The maximum absolute atomic E-state index is 12.1. The summed E-state index contributed by atoms with van der Waals surface area (Å²) in [6, 6.07) is 4.08. The molecule has 0 bridgehead atoms. The SMILES string of the molecule is CN(C)C=O.Cc1cc(C)n2nc(SCC(=O)NC(C)(C#N)C(C)C)nc2n1. The van der Waals surface area contributed by atoms with E-state index in [4.69, 9.17) is 0 Å². The summed E-state index contributed by atoms with van der Waals surface area (Å²) in [6.07, 6.45) is 0.750. The van der Waals surface area contributed by atoms with Gasteiger partial charge in [-0.15, -0.1) is 5.10 Å². The van der Waals surface area contributed by atoms with Crippen molar-refractivity contribution in [3.05, 3.63) is 17.5 Å². The molecule has 1 N–H and O–H groups in total. The summed E-state index contributed by atoms with van der Waals surface area (Å²) in [6.45, 7) is 9.35. The Labute approximate surface area is 169 Å². The van der Waals surface area contributed by atoms with Crippen LogP contribution < -0.4 is 5.32 Å². The monoisotopic (exact) mass is 405 g/mol. The summed E-state index contributed by atoms with van der Waals surface area (Å²) in [5.41, 5.74) is 0.936. The topological polar surface area (TPSA) is 116 Å². The Bertz CT molecular complexity index is 873. The lowest BCUT2D eigenvalue weighted by molar-refractivity contribution is -0.120. The Hall–Kier alpha value is -2.67. The molecule has 2 heterocycles. The van der Waals surface area contributed by atoms with Gasteiger partial charge >= 0.3 is 0 Å². The molecular formula is C18H27N7O2S. The van der Waals surface area contributed by atoms with Gasteiger partial charge in [-0.2, -0.15) is 10.2 Å². The lowest BCUT2D eigenvalue weighted by atomic mass is 9.90. The number of carbonyl (C=O) groups is 2. The van der Waals surface area contributed by atoms with Gasteiger partial charge in [0.1, 0.15) is 5.54 Å². The summed E-state index contributed by atoms with van der Waals surface area (Å²) < 4.78 is 1.65. The van der Waals surface area contributed by atoms with Crippen LogP contribution in [0.25, 0.3) is 5.78 Å². The second-order valence-corrected chi connectivity index (χ2v) is 7.96. The van der Waals surface area contributed by atoms with Crippen LogP contribution in [0.4, 0.5) is 0 Å². The van der Waals surface area contributed by atoms with Crippen molar-refractivity contribution in [1.29, 1.82) is 5.26 Å². The van der Waals surface area contributed by atoms with Crippen LogP contribution in [-0.2, 0) is 9.59 Å². The van der Waals surface area contributed by atoms with E-state index in [1.807, 2.05) is 33.8 Å². The van der Waals surface area contributed by atoms with E-state index in [1.54, 1.807) is 25.5 Å². The predicted molar refractivity (Wildman–Crippen MR) is 108 cm³/mol. The zero-order valence-corrected chi connectivity index (χ0v) is 18.2. The lowest BCUT2D eigenvalue weighted by Gasteiger charge is -2.27. The molecule has 1 atom stereocenters. The van der Waals surface area contributed by atoms with Crippen LogP contribution in [0.15, 0.2) is 11.2 Å². The highest BCUT2D eigenvalue weighted by molar-refractivity contribution is 7.99. The summed E-state index contributed by atoms with van der Waals surface area (Å²) in [5.74, 6) is 0.477. The standard InChI is InChI=1S/C15H20N6OS.C3H7NO/c1-9(2)15(5,8-16)19-12(22)7-23-14-18-13-17-10(3)6-11(4)21(13)20-14;1-4(2)3-5/h6,9H,7H2,1-5H3,(H,19,22);3H,1-2H3. The molecule has 0 saturated heterocycles. The molecule has 0 spiro atoms. The van der Waals surface area contributed by atoms with Crippen molar-refractivity contribution >= 4 is 29.9 Å². The first-order valence-electron chi connectivity index (χ1n) is 8.70. The Morgan fingerprint density at radius 1 is 1.43 bits per heavy atom. The van der Waals surface area contributed by atoms with E-state index in [-0.39, 0.29) is 17.6 Å². The lowest BCUT2D eigenvalue weighted by Crippen LogP contribution is -2.49. The molecule has 0 radical (unpaired) electrons. The van der Waals surface area contributed by atoms with Crippen LogP contribution in [0.1, 0.15) is 32.2 Å². The Morgan fingerprint density at radius 3 is 2.54 bits per heavy atom. The van der Waals surface area contributed by atoms with Crippen LogP contribution in [0.2, 0.25) is 0 Å². The van der Waals surface area contributed by atoms with Gasteiger partial charge in [-0.1, -0.05) is 25.6 Å². The number of nitriles is 1. The minimum atomic E-state index is -0.876. The molecule has 0 aromatic carbocycles. The Kier molecular flexibility index (Phi) is 8.37. The third-order valence-electron chi connectivity index (χ3n) is 3.93. The van der Waals surface area contributed by atoms with E-state index in [0.717, 1.165) is 17.8 Å². The maximum atomic E-state index is 12.1. The molecule has 2 aromatic heterocycles. The third-order valence-corrected chi connectivity index (χ3v) is 4.77. The number of hydrogen-bond donors (Lipinski definition) is 1. The second kappa shape index (κ2) is 10.0. The molecule has 2 amide bonds. The van der Waals surface area contributed by atoms with Gasteiger partial charge in [-0.25, -0.2) is 9.50 Å². The van der Waals surface area contributed by atoms with E-state index in [9.17, 15) is 14.9 Å². The van der Waals surface area contributed by atoms with Crippen molar-refractivity contribution in [2.24, 2.45) is 5.92 Å². The molecule has 0 aliphatic carbocycles. The molecule has 0 fully saturated rings. The average Bonchev–Trinajstić information content (AvgIpc) is 3.03. The zero-order chi connectivity index (χ0) is 21.5. The number of aryl methyl sites for hydroxylation is 2. The molecule has 9 nitrogen and oxygen atoms in total. The van der Waals surface area contributed by atoms with Gasteiger partial charge in [0, 0.05) is 25.5 Å². The van der Waals surface area contributed by atoms with Crippen LogP contribution in [0.3, 0.4) is 0 Å². The smallest absolute Gasteiger partial charge is 0.253 e. The highest BCUT2D eigenvalue weighted by atomic mass is 32.2. The van der Waals surface area contributed by atoms with Gasteiger partial charge in [0.25, 0.3) is 5.78 Å². The molecule has 10 heteroatoms. The van der Waals surface area contributed by atoms with E-state index in [0.29, 0.717) is 10.9 Å². The number of rotatable bonds is 6. The fourth-order valence-corrected chi connectivity index (χ4v) is 2.58. The number of amides is 2. The zero-order valence-electron chi connectivity index (χ0n) is 17.3. The molecule has 0 aliphatic rings. The quantitative estimate of drug-likeness (QED) is 0.573. The minimum Gasteiger partial charge on any atom is -0.351 e. The van der Waals surface area contributed by atoms with Gasteiger partial charge in [-0.05, 0) is 32.8 Å². The predicted octanol–water partition coefficient (Wildman–Crippen LogP) is 1.59. The number of hydrogen-bond acceptors (Lipinski definition) is 7. The number of fused-ring (bicyclic) bond motifs is 1. The maximum Gasteiger partial charge on any atom is 0.253 e. The molecule has 152 valence electrons. The van der Waals surface area contributed by atoms with Crippen molar-refractivity contribution in [3.8, 4) is 6.07 Å². The Morgan fingerprint density at radius 2 is 2.04 bits per heavy atom. The molecule has 0 saturated carbocycles. The largest absolute Gasteiger partial charge is 0.351 e. The van der Waals surface area contributed by atoms with Crippen molar-refractivity contribution in [3.63, 3.8) is 0 Å². The van der Waals surface area contributed by atoms with Crippen molar-refractivity contribution in [2.45, 2.75) is 45.3 Å². The highest BCUT2D eigenvalue weighted by Gasteiger charge is 2.29. The normalized spacial score (nSPS) is 12.5. The third kappa shape index (κ3) is 6.49. The summed E-state index contributed by atoms with van der Waals surface area (Å²) in [5, 5.41) is 16.8. The van der Waals surface area contributed by atoms with Crippen molar-refractivity contribution < 1.29 is 9.59 Å². The first-order chi connectivity index (χ1) is 13.0. The van der Waals surface area contributed by atoms with Crippen LogP contribution in [0.5, 0.6) is 0 Å². The molecule has 28 heavy (non-hydrogen) atoms. The number of nitrogens with zero attached hydrogens (tertiary/aromatic N) is 6. The first-order valence-corrected chi connectivity index (χ1v) is 9.68. The molecule has 1 unspecified atom stereocenters. The average molecular weight is 406 g/mol. The summed E-state index contributed by atoms with van der Waals surface area (Å²) in [7, 11) is 3.38. The minimum absolute atomic E-state index is 0.0181. The fraction of sp³-hybridized carbons (Fsp3) is 0.556. The number of aromatic nitrogens is 4. The molecular weight excluding hydrogens is 378 g/mol. The van der Waals surface area contributed by atoms with Gasteiger partial charge in [0.15, 0.2) is 0 Å². The summed E-state index contributed by atoms with van der Waals surface area (Å²) in [4.78, 5) is 31.6. The van der Waals surface area contributed by atoms with E-state index >= 15 is 0 Å². The number of nitrogens with one attached hydrogen (secondary N) is 1. The highest BCUT2D eigenvalue weighted by Crippen LogP contribution is 2.18. The van der Waals surface area contributed by atoms with Crippen LogP contribution in [-0.4, -0.2) is 62.2 Å². The number of carbonyl (C=O) groups excluding carboxylic acids is 2.